The van der Waals surface area contributed by atoms with E-state index in [4.69, 9.17) is 10.5 Å². The average Bonchev–Trinajstić information content (AvgIpc) is 2.25. The van der Waals surface area contributed by atoms with E-state index >= 15 is 0 Å². The number of aromatic nitrogens is 2. The highest BCUT2D eigenvalue weighted by molar-refractivity contribution is 9.10. The van der Waals surface area contributed by atoms with Crippen molar-refractivity contribution in [1.29, 1.82) is 0 Å². The molecule has 0 spiro atoms. The number of pyridine rings is 2. The number of aryl methyl sites for hydroxylation is 1. The van der Waals surface area contributed by atoms with Gasteiger partial charge < -0.3 is 10.5 Å². The summed E-state index contributed by atoms with van der Waals surface area (Å²) >= 11 is 3.34. The maximum absolute atomic E-state index is 5.62. The van der Waals surface area contributed by atoms with Crippen molar-refractivity contribution in [2.24, 2.45) is 0 Å². The molecule has 0 saturated heterocycles. The maximum Gasteiger partial charge on any atom is 0.233 e. The second kappa shape index (κ2) is 4.49. The van der Waals surface area contributed by atoms with Crippen molar-refractivity contribution in [3.63, 3.8) is 0 Å². The summed E-state index contributed by atoms with van der Waals surface area (Å²) in [4.78, 5) is 8.22. The van der Waals surface area contributed by atoms with Gasteiger partial charge in [0, 0.05) is 6.20 Å². The number of anilines is 1. The summed E-state index contributed by atoms with van der Waals surface area (Å²) in [5, 5.41) is 0. The predicted molar refractivity (Wildman–Crippen MR) is 65.4 cm³/mol. The second-order valence-electron chi connectivity index (χ2n) is 3.24. The zero-order valence-corrected chi connectivity index (χ0v) is 10.2. The van der Waals surface area contributed by atoms with Crippen LogP contribution >= 0.6 is 15.9 Å². The van der Waals surface area contributed by atoms with E-state index in [9.17, 15) is 0 Å². The van der Waals surface area contributed by atoms with Gasteiger partial charge in [-0.2, -0.15) is 0 Å². The van der Waals surface area contributed by atoms with Gasteiger partial charge in [0.25, 0.3) is 0 Å². The molecule has 0 amide bonds. The zero-order chi connectivity index (χ0) is 11.5. The molecule has 2 N–H and O–H groups in total. The van der Waals surface area contributed by atoms with Crippen LogP contribution in [0, 0.1) is 6.92 Å². The maximum atomic E-state index is 5.62. The Morgan fingerprint density at radius 1 is 1.38 bits per heavy atom. The summed E-state index contributed by atoms with van der Waals surface area (Å²) in [6.07, 6.45) is 3.26. The number of nitrogens with two attached hydrogens (primary N) is 1. The standard InChI is InChI=1S/C11H10BrN3O/c1-7-10(3-2-4-14-7)16-11-9(12)5-8(13)6-15-11/h2-6H,13H2,1H3. The molecule has 0 saturated carbocycles. The van der Waals surface area contributed by atoms with Crippen LogP contribution in [0.15, 0.2) is 35.1 Å². The highest BCUT2D eigenvalue weighted by Gasteiger charge is 2.06. The van der Waals surface area contributed by atoms with Gasteiger partial charge in [0.05, 0.1) is 22.1 Å². The minimum Gasteiger partial charge on any atom is -0.436 e. The lowest BCUT2D eigenvalue weighted by Crippen LogP contribution is -1.94. The first-order valence-corrected chi connectivity index (χ1v) is 5.46. The van der Waals surface area contributed by atoms with Crippen molar-refractivity contribution >= 4 is 21.6 Å². The van der Waals surface area contributed by atoms with Crippen LogP contribution in [0.1, 0.15) is 5.69 Å². The molecule has 4 nitrogen and oxygen atoms in total. The number of ether oxygens (including phenoxy) is 1. The van der Waals surface area contributed by atoms with Gasteiger partial charge in [0.2, 0.25) is 5.88 Å². The van der Waals surface area contributed by atoms with Gasteiger partial charge in [0.1, 0.15) is 0 Å². The molecule has 2 heterocycles. The third-order valence-corrected chi connectivity index (χ3v) is 2.56. The van der Waals surface area contributed by atoms with Crippen molar-refractivity contribution < 1.29 is 4.74 Å². The molecular formula is C11H10BrN3O. The van der Waals surface area contributed by atoms with Crippen LogP contribution in [0.3, 0.4) is 0 Å². The van der Waals surface area contributed by atoms with Gasteiger partial charge in [-0.1, -0.05) is 0 Å². The largest absolute Gasteiger partial charge is 0.436 e. The molecule has 0 aliphatic rings. The van der Waals surface area contributed by atoms with Crippen molar-refractivity contribution in [3.8, 4) is 11.6 Å². The molecule has 5 heteroatoms. The summed E-state index contributed by atoms with van der Waals surface area (Å²) in [6, 6.07) is 5.40. The number of nitrogen functional groups attached to an aromatic ring is 1. The Balaban J connectivity index is 2.31. The van der Waals surface area contributed by atoms with Crippen molar-refractivity contribution in [2.75, 3.05) is 5.73 Å². The second-order valence-corrected chi connectivity index (χ2v) is 4.10. The number of nitrogens with zero attached hydrogens (tertiary/aromatic N) is 2. The van der Waals surface area contributed by atoms with E-state index in [1.807, 2.05) is 19.1 Å². The van der Waals surface area contributed by atoms with Crippen LogP contribution in [-0.4, -0.2) is 9.97 Å². The van der Waals surface area contributed by atoms with Crippen LogP contribution in [-0.2, 0) is 0 Å². The molecule has 0 aliphatic carbocycles. The van der Waals surface area contributed by atoms with Gasteiger partial charge in [-0.3, -0.25) is 4.98 Å². The molecule has 0 atom stereocenters. The lowest BCUT2D eigenvalue weighted by Gasteiger charge is -2.08. The Morgan fingerprint density at radius 3 is 2.88 bits per heavy atom. The fourth-order valence-electron chi connectivity index (χ4n) is 1.20. The molecule has 0 bridgehead atoms. The number of hydrogen-bond acceptors (Lipinski definition) is 4. The topological polar surface area (TPSA) is 61.0 Å². The molecule has 16 heavy (non-hydrogen) atoms. The zero-order valence-electron chi connectivity index (χ0n) is 8.64. The number of hydrogen-bond donors (Lipinski definition) is 1. The first-order chi connectivity index (χ1) is 7.66. The molecule has 2 rings (SSSR count). The fraction of sp³-hybridized carbons (Fsp3) is 0.0909. The van der Waals surface area contributed by atoms with Crippen molar-refractivity contribution in [1.82, 2.24) is 9.97 Å². The van der Waals surface area contributed by atoms with Gasteiger partial charge in [-0.25, -0.2) is 4.98 Å². The highest BCUT2D eigenvalue weighted by atomic mass is 79.9. The van der Waals surface area contributed by atoms with Crippen LogP contribution in [0.2, 0.25) is 0 Å². The van der Waals surface area contributed by atoms with Crippen LogP contribution in [0.5, 0.6) is 11.6 Å². The molecule has 82 valence electrons. The summed E-state index contributed by atoms with van der Waals surface area (Å²) in [5.41, 5.74) is 6.99. The van der Waals surface area contributed by atoms with E-state index in [0.29, 0.717) is 17.3 Å². The molecule has 0 unspecified atom stereocenters. The van der Waals surface area contributed by atoms with E-state index < -0.39 is 0 Å². The Morgan fingerprint density at radius 2 is 2.19 bits per heavy atom. The molecular weight excluding hydrogens is 270 g/mol. The summed E-state index contributed by atoms with van der Waals surface area (Å²) in [5.74, 6) is 1.16. The lowest BCUT2D eigenvalue weighted by molar-refractivity contribution is 0.453. The normalized spacial score (nSPS) is 10.1. The van der Waals surface area contributed by atoms with Gasteiger partial charge in [-0.15, -0.1) is 0 Å². The van der Waals surface area contributed by atoms with Crippen LogP contribution in [0.25, 0.3) is 0 Å². The first kappa shape index (κ1) is 10.9. The minimum absolute atomic E-state index is 0.477. The van der Waals surface area contributed by atoms with Crippen molar-refractivity contribution in [2.45, 2.75) is 6.92 Å². The highest BCUT2D eigenvalue weighted by Crippen LogP contribution is 2.29. The number of halogens is 1. The monoisotopic (exact) mass is 279 g/mol. The van der Waals surface area contributed by atoms with E-state index in [-0.39, 0.29) is 0 Å². The van der Waals surface area contributed by atoms with Crippen molar-refractivity contribution in [3.05, 3.63) is 40.8 Å². The Kier molecular flexibility index (Phi) is 3.05. The summed E-state index contributed by atoms with van der Waals surface area (Å²) in [6.45, 7) is 1.88. The number of rotatable bonds is 2. The minimum atomic E-state index is 0.477. The Hall–Kier alpha value is -1.62. The third kappa shape index (κ3) is 2.30. The molecule has 2 aromatic heterocycles. The van der Waals surface area contributed by atoms with E-state index in [1.54, 1.807) is 18.5 Å². The first-order valence-electron chi connectivity index (χ1n) is 4.67. The summed E-state index contributed by atoms with van der Waals surface area (Å²) < 4.78 is 6.34. The lowest BCUT2D eigenvalue weighted by atomic mass is 10.3. The molecule has 0 aliphatic heterocycles. The summed E-state index contributed by atoms with van der Waals surface area (Å²) in [7, 11) is 0. The average molecular weight is 280 g/mol. The van der Waals surface area contributed by atoms with E-state index in [0.717, 1.165) is 10.2 Å². The van der Waals surface area contributed by atoms with Crippen LogP contribution < -0.4 is 10.5 Å². The predicted octanol–water partition coefficient (Wildman–Crippen LogP) is 2.92. The quantitative estimate of drug-likeness (QED) is 0.918. The van der Waals surface area contributed by atoms with Crippen LogP contribution in [0.4, 0.5) is 5.69 Å². The van der Waals surface area contributed by atoms with Gasteiger partial charge in [-0.05, 0) is 41.1 Å². The smallest absolute Gasteiger partial charge is 0.233 e. The van der Waals surface area contributed by atoms with Gasteiger partial charge in [0.15, 0.2) is 5.75 Å². The van der Waals surface area contributed by atoms with Gasteiger partial charge >= 0.3 is 0 Å². The molecule has 0 radical (unpaired) electrons. The third-order valence-electron chi connectivity index (χ3n) is 1.99. The Bertz CT molecular complexity index is 516. The Labute approximate surface area is 102 Å². The van der Waals surface area contributed by atoms with E-state index in [1.165, 1.54) is 0 Å². The fourth-order valence-corrected chi connectivity index (χ4v) is 1.64. The molecule has 0 fully saturated rings. The van der Waals surface area contributed by atoms with E-state index in [2.05, 4.69) is 25.9 Å². The molecule has 2 aromatic rings. The molecule has 0 aromatic carbocycles. The SMILES string of the molecule is Cc1ncccc1Oc1ncc(N)cc1Br.